The van der Waals surface area contributed by atoms with E-state index in [2.05, 4.69) is 35.3 Å². The van der Waals surface area contributed by atoms with E-state index in [0.29, 0.717) is 22.9 Å². The summed E-state index contributed by atoms with van der Waals surface area (Å²) >= 11 is 0. The van der Waals surface area contributed by atoms with Gasteiger partial charge in [-0.15, -0.1) is 0 Å². The zero-order chi connectivity index (χ0) is 26.9. The largest absolute Gasteiger partial charge is 0.401 e. The van der Waals surface area contributed by atoms with Crippen LogP contribution in [-0.4, -0.2) is 36.9 Å². The fourth-order valence-electron chi connectivity index (χ4n) is 5.10. The first-order valence-corrected chi connectivity index (χ1v) is 12.4. The van der Waals surface area contributed by atoms with Gasteiger partial charge in [0.1, 0.15) is 23.2 Å². The molecule has 2 aliphatic carbocycles. The molecule has 2 amide bonds. The lowest BCUT2D eigenvalue weighted by Gasteiger charge is -2.15. The molecule has 2 aliphatic rings. The number of fused-ring (bicyclic) bond motifs is 2. The summed E-state index contributed by atoms with van der Waals surface area (Å²) in [4.78, 5) is 25.7. The van der Waals surface area contributed by atoms with Crippen LogP contribution in [0.4, 0.5) is 35.3 Å². The van der Waals surface area contributed by atoms with E-state index in [0.717, 1.165) is 46.5 Å². The summed E-state index contributed by atoms with van der Waals surface area (Å²) in [6.07, 6.45) is 4.34. The second-order valence-corrected chi connectivity index (χ2v) is 9.96. The number of anilines is 3. The number of carbonyl (C=O) groups is 1. The van der Waals surface area contributed by atoms with Crippen LogP contribution in [0.5, 0.6) is 0 Å². The third-order valence-corrected chi connectivity index (χ3v) is 7.45. The number of nitrogens with one attached hydrogen (secondary N) is 2. The van der Waals surface area contributed by atoms with E-state index in [-0.39, 0.29) is 24.4 Å². The van der Waals surface area contributed by atoms with Crippen molar-refractivity contribution in [1.82, 2.24) is 24.7 Å². The smallest absolute Gasteiger partial charge is 0.383 e. The molecular weight excluding hydrogens is 513 g/mol. The topological polar surface area (TPSA) is 137 Å². The molecule has 2 fully saturated rings. The lowest BCUT2D eigenvalue weighted by Crippen LogP contribution is -2.28. The number of benzene rings is 1. The molecule has 1 aromatic carbocycles. The number of nitrogens with zero attached hydrogens (tertiary/aromatic N) is 5. The molecule has 39 heavy (non-hydrogen) atoms. The highest BCUT2D eigenvalue weighted by Gasteiger charge is 2.66. The molecule has 198 valence electrons. The number of nitrogens with two attached hydrogens (primary N) is 1. The van der Waals surface area contributed by atoms with Gasteiger partial charge < -0.3 is 20.1 Å². The van der Waals surface area contributed by atoms with Crippen molar-refractivity contribution < 1.29 is 22.5 Å². The van der Waals surface area contributed by atoms with Gasteiger partial charge in [0.05, 0.1) is 11.1 Å². The van der Waals surface area contributed by atoms with Crippen LogP contribution < -0.4 is 16.4 Å². The summed E-state index contributed by atoms with van der Waals surface area (Å²) < 4.78 is 47.2. The van der Waals surface area contributed by atoms with Gasteiger partial charge in [-0.1, -0.05) is 11.2 Å². The number of nitrogen functional groups attached to an aromatic ring is 1. The Kier molecular flexibility index (Phi) is 4.90. The SMILES string of the molecule is Nc1ncnc2c1c(-c1ccc(NC(=O)Nc3cc(C4(C(F)(F)F)CC4)on3)c3cnccc13)cn2C1CC1. The standard InChI is InChI=1S/C26H21F3N8O2/c27-26(28,29)25(6-7-25)19-9-20(36-39-19)35-24(38)34-18-4-3-14(15-5-8-31-10-16(15)18)17-11-37(13-1-2-13)23-21(17)22(30)32-12-33-23/h3-5,8-13H,1-2,6-7H2,(H2,30,32,33)(H2,34,35,36,38). The van der Waals surface area contributed by atoms with Crippen molar-refractivity contribution >= 4 is 45.2 Å². The van der Waals surface area contributed by atoms with Crippen LogP contribution >= 0.6 is 0 Å². The number of pyridine rings is 1. The predicted octanol–water partition coefficient (Wildman–Crippen LogP) is 5.79. The van der Waals surface area contributed by atoms with E-state index in [1.165, 1.54) is 6.33 Å². The fourth-order valence-corrected chi connectivity index (χ4v) is 5.10. The Balaban J connectivity index is 1.20. The molecule has 7 rings (SSSR count). The van der Waals surface area contributed by atoms with Gasteiger partial charge in [0.2, 0.25) is 0 Å². The average molecular weight is 535 g/mol. The van der Waals surface area contributed by atoms with E-state index in [9.17, 15) is 18.0 Å². The number of urea groups is 1. The van der Waals surface area contributed by atoms with Crippen LogP contribution in [0.25, 0.3) is 32.9 Å². The first kappa shape index (κ1) is 23.4. The molecule has 4 heterocycles. The van der Waals surface area contributed by atoms with Crippen molar-refractivity contribution in [2.75, 3.05) is 16.4 Å². The number of halogens is 3. The maximum atomic E-state index is 13.4. The van der Waals surface area contributed by atoms with Gasteiger partial charge >= 0.3 is 12.2 Å². The number of aromatic nitrogens is 5. The Morgan fingerprint density at radius 3 is 2.67 bits per heavy atom. The van der Waals surface area contributed by atoms with E-state index >= 15 is 0 Å². The summed E-state index contributed by atoms with van der Waals surface area (Å²) in [7, 11) is 0. The van der Waals surface area contributed by atoms with Gasteiger partial charge in [-0.05, 0) is 48.8 Å². The minimum Gasteiger partial charge on any atom is -0.383 e. The highest BCUT2D eigenvalue weighted by atomic mass is 19.4. The van der Waals surface area contributed by atoms with E-state index in [1.807, 2.05) is 18.3 Å². The van der Waals surface area contributed by atoms with Gasteiger partial charge in [0.25, 0.3) is 0 Å². The van der Waals surface area contributed by atoms with E-state index < -0.39 is 17.6 Å². The van der Waals surface area contributed by atoms with Gasteiger partial charge in [-0.25, -0.2) is 14.8 Å². The monoisotopic (exact) mass is 534 g/mol. The van der Waals surface area contributed by atoms with Crippen LogP contribution in [0, 0.1) is 0 Å². The molecular formula is C26H21F3N8O2. The van der Waals surface area contributed by atoms with Crippen LogP contribution in [-0.2, 0) is 5.41 Å². The highest BCUT2D eigenvalue weighted by molar-refractivity contribution is 6.12. The normalized spacial score (nSPS) is 16.5. The van der Waals surface area contributed by atoms with Crippen LogP contribution in [0.1, 0.15) is 37.5 Å². The summed E-state index contributed by atoms with van der Waals surface area (Å²) in [6, 6.07) is 6.24. The third-order valence-electron chi connectivity index (χ3n) is 7.45. The fraction of sp³-hybridized carbons (Fsp3) is 0.269. The third kappa shape index (κ3) is 3.75. The molecule has 0 aliphatic heterocycles. The lowest BCUT2D eigenvalue weighted by molar-refractivity contribution is -0.165. The van der Waals surface area contributed by atoms with Gasteiger partial charge in [0, 0.05) is 41.6 Å². The maximum absolute atomic E-state index is 13.4. The Bertz CT molecular complexity index is 1770. The number of alkyl halides is 3. The predicted molar refractivity (Wildman–Crippen MR) is 137 cm³/mol. The summed E-state index contributed by atoms with van der Waals surface area (Å²) in [6.45, 7) is 0. The molecule has 0 radical (unpaired) electrons. The van der Waals surface area contributed by atoms with Crippen molar-refractivity contribution in [3.8, 4) is 11.1 Å². The van der Waals surface area contributed by atoms with Crippen LogP contribution in [0.3, 0.4) is 0 Å². The number of amides is 2. The van der Waals surface area contributed by atoms with Crippen molar-refractivity contribution in [2.24, 2.45) is 0 Å². The Hall–Kier alpha value is -4.68. The summed E-state index contributed by atoms with van der Waals surface area (Å²) in [5, 5.41) is 11.0. The number of hydrogen-bond donors (Lipinski definition) is 3. The molecule has 0 saturated heterocycles. The van der Waals surface area contributed by atoms with Gasteiger partial charge in [0.15, 0.2) is 11.6 Å². The van der Waals surface area contributed by atoms with Crippen LogP contribution in [0.15, 0.2) is 53.7 Å². The molecule has 13 heteroatoms. The first-order valence-electron chi connectivity index (χ1n) is 12.4. The molecule has 5 aromatic rings. The summed E-state index contributed by atoms with van der Waals surface area (Å²) in [5.74, 6) is -0.0398. The molecule has 4 aromatic heterocycles. The molecule has 0 atom stereocenters. The highest BCUT2D eigenvalue weighted by Crippen LogP contribution is 2.59. The minimum absolute atomic E-state index is 0.0697. The van der Waals surface area contributed by atoms with Crippen molar-refractivity contribution in [2.45, 2.75) is 43.3 Å². The molecule has 2 saturated carbocycles. The quantitative estimate of drug-likeness (QED) is 0.260. The Morgan fingerprint density at radius 2 is 1.92 bits per heavy atom. The Labute approximate surface area is 218 Å². The molecule has 0 unspecified atom stereocenters. The Morgan fingerprint density at radius 1 is 1.10 bits per heavy atom. The molecule has 0 bridgehead atoms. The van der Waals surface area contributed by atoms with Crippen molar-refractivity contribution in [3.63, 3.8) is 0 Å². The molecule has 10 nitrogen and oxygen atoms in total. The second-order valence-electron chi connectivity index (χ2n) is 9.96. The van der Waals surface area contributed by atoms with E-state index in [1.54, 1.807) is 18.5 Å². The number of rotatable bonds is 5. The lowest BCUT2D eigenvalue weighted by atomic mass is 9.98. The zero-order valence-corrected chi connectivity index (χ0v) is 20.3. The van der Waals surface area contributed by atoms with Crippen LogP contribution in [0.2, 0.25) is 0 Å². The van der Waals surface area contributed by atoms with Crippen molar-refractivity contribution in [1.29, 1.82) is 0 Å². The first-order chi connectivity index (χ1) is 18.7. The average Bonchev–Trinajstić information content (AvgIpc) is 3.83. The summed E-state index contributed by atoms with van der Waals surface area (Å²) in [5.41, 5.74) is 7.22. The minimum atomic E-state index is -4.44. The maximum Gasteiger partial charge on any atom is 0.401 e. The number of hydrogen-bond acceptors (Lipinski definition) is 7. The second kappa shape index (κ2) is 8.16. The number of carbonyl (C=O) groups excluding carboxylic acids is 1. The molecule has 0 spiro atoms. The molecule has 4 N–H and O–H groups in total. The van der Waals surface area contributed by atoms with Gasteiger partial charge in [-0.2, -0.15) is 13.2 Å². The van der Waals surface area contributed by atoms with Crippen molar-refractivity contribution in [3.05, 3.63) is 54.9 Å². The zero-order valence-electron chi connectivity index (χ0n) is 20.3. The van der Waals surface area contributed by atoms with Gasteiger partial charge in [-0.3, -0.25) is 10.3 Å². The van der Waals surface area contributed by atoms with E-state index in [4.69, 9.17) is 10.3 Å².